The molecule has 0 unspecified atom stereocenters. The average Bonchev–Trinajstić information content (AvgIpc) is 3.93. The van der Waals surface area contributed by atoms with Gasteiger partial charge in [0.1, 0.15) is 5.75 Å². The quantitative estimate of drug-likeness (QED) is 0.156. The number of pyridine rings is 1. The summed E-state index contributed by atoms with van der Waals surface area (Å²) < 4.78 is 46.1. The standard InChI is InChI=1S/C32H37ClN2O6S/c1-22(31(36)39-2)7-5-6-17-35-42(37,38)25-12-13-29(33)23(19-25)21-40-32(15-16-32)28-20-34-18-14-26(28)27-8-3-4-9-30(27)41-24-10-11-24/h3-4,8-9,12-14,18-20,22,24,35H,5-7,10-11,15-17,21H2,1-2H3/t22-/m0/s1. The first-order valence-electron chi connectivity index (χ1n) is 14.4. The van der Waals surface area contributed by atoms with E-state index in [0.29, 0.717) is 29.8 Å². The molecule has 10 heteroatoms. The number of nitrogens with one attached hydrogen (secondary N) is 1. The van der Waals surface area contributed by atoms with E-state index in [4.69, 9.17) is 25.8 Å². The lowest BCUT2D eigenvalue weighted by Gasteiger charge is -2.22. The number of carbonyl (C=O) groups excluding carboxylic acids is 1. The van der Waals surface area contributed by atoms with Gasteiger partial charge in [0.25, 0.3) is 0 Å². The van der Waals surface area contributed by atoms with E-state index in [9.17, 15) is 13.2 Å². The molecule has 0 amide bonds. The first kappa shape index (κ1) is 30.5. The van der Waals surface area contributed by atoms with Crippen LogP contribution in [0.5, 0.6) is 5.75 Å². The van der Waals surface area contributed by atoms with Crippen molar-refractivity contribution < 1.29 is 27.4 Å². The van der Waals surface area contributed by atoms with Crippen LogP contribution >= 0.6 is 11.6 Å². The summed E-state index contributed by atoms with van der Waals surface area (Å²) in [5.41, 5.74) is 3.08. The molecule has 1 N–H and O–H groups in total. The summed E-state index contributed by atoms with van der Waals surface area (Å²) in [5, 5.41) is 0.441. The van der Waals surface area contributed by atoms with E-state index in [2.05, 4.69) is 15.8 Å². The van der Waals surface area contributed by atoms with Crippen LogP contribution < -0.4 is 9.46 Å². The Morgan fingerprint density at radius 2 is 1.90 bits per heavy atom. The molecule has 8 nitrogen and oxygen atoms in total. The normalized spacial score (nSPS) is 16.5. The van der Waals surface area contributed by atoms with Gasteiger partial charge in [-0.25, -0.2) is 13.1 Å². The highest BCUT2D eigenvalue weighted by atomic mass is 35.5. The number of methoxy groups -OCH3 is 1. The minimum Gasteiger partial charge on any atom is -0.490 e. The number of aromatic nitrogens is 1. The third-order valence-electron chi connectivity index (χ3n) is 7.80. The first-order valence-corrected chi connectivity index (χ1v) is 16.3. The van der Waals surface area contributed by atoms with Crippen molar-refractivity contribution in [2.75, 3.05) is 13.7 Å². The number of sulfonamides is 1. The number of esters is 1. The number of ether oxygens (including phenoxy) is 3. The van der Waals surface area contributed by atoms with Gasteiger partial charge in [0.05, 0.1) is 36.2 Å². The average molecular weight is 613 g/mol. The number of benzene rings is 2. The Kier molecular flexibility index (Phi) is 9.52. The summed E-state index contributed by atoms with van der Waals surface area (Å²) in [6.07, 6.45) is 9.65. The van der Waals surface area contributed by atoms with Crippen LogP contribution in [0.3, 0.4) is 0 Å². The number of hydrogen-bond donors (Lipinski definition) is 1. The monoisotopic (exact) mass is 612 g/mol. The van der Waals surface area contributed by atoms with Crippen LogP contribution in [-0.4, -0.2) is 39.1 Å². The molecule has 1 atom stereocenters. The van der Waals surface area contributed by atoms with Crippen LogP contribution in [0.25, 0.3) is 11.1 Å². The van der Waals surface area contributed by atoms with Gasteiger partial charge in [-0.2, -0.15) is 0 Å². The van der Waals surface area contributed by atoms with Gasteiger partial charge in [-0.3, -0.25) is 9.78 Å². The van der Waals surface area contributed by atoms with Crippen molar-refractivity contribution in [3.63, 3.8) is 0 Å². The van der Waals surface area contributed by atoms with Gasteiger partial charge in [-0.15, -0.1) is 0 Å². The minimum atomic E-state index is -3.74. The summed E-state index contributed by atoms with van der Waals surface area (Å²) in [7, 11) is -2.38. The molecule has 0 radical (unpaired) electrons. The molecule has 2 saturated carbocycles. The predicted octanol–water partition coefficient (Wildman–Crippen LogP) is 6.41. The SMILES string of the molecule is COC(=O)[C@@H](C)CCCCNS(=O)(=O)c1ccc(Cl)c(COC2(c3cnccc3-c3ccccc3OC3CC3)CC2)c1. The van der Waals surface area contributed by atoms with Gasteiger partial charge in [-0.1, -0.05) is 43.1 Å². The molecule has 0 aliphatic heterocycles. The maximum atomic E-state index is 13.0. The van der Waals surface area contributed by atoms with Crippen molar-refractivity contribution in [1.82, 2.24) is 9.71 Å². The largest absolute Gasteiger partial charge is 0.490 e. The van der Waals surface area contributed by atoms with Crippen LogP contribution in [0.4, 0.5) is 0 Å². The molecular formula is C32H37ClN2O6S. The van der Waals surface area contributed by atoms with Crippen molar-refractivity contribution >= 4 is 27.6 Å². The molecule has 3 aromatic rings. The molecule has 1 heterocycles. The van der Waals surface area contributed by atoms with E-state index < -0.39 is 15.6 Å². The van der Waals surface area contributed by atoms with Crippen molar-refractivity contribution in [3.05, 3.63) is 77.1 Å². The fraction of sp³-hybridized carbons (Fsp3) is 0.438. The zero-order valence-electron chi connectivity index (χ0n) is 24.0. The highest BCUT2D eigenvalue weighted by molar-refractivity contribution is 7.89. The molecule has 42 heavy (non-hydrogen) atoms. The minimum absolute atomic E-state index is 0.131. The molecule has 2 aliphatic carbocycles. The van der Waals surface area contributed by atoms with Crippen LogP contribution in [0.15, 0.2) is 65.8 Å². The molecule has 1 aromatic heterocycles. The number of carbonyl (C=O) groups is 1. The van der Waals surface area contributed by atoms with Gasteiger partial charge in [0, 0.05) is 35.1 Å². The van der Waals surface area contributed by atoms with Crippen molar-refractivity contribution in [2.24, 2.45) is 5.92 Å². The molecular weight excluding hydrogens is 576 g/mol. The Labute approximate surface area is 252 Å². The van der Waals surface area contributed by atoms with Gasteiger partial charge in [0.2, 0.25) is 10.0 Å². The lowest BCUT2D eigenvalue weighted by molar-refractivity contribution is -0.145. The highest BCUT2D eigenvalue weighted by Gasteiger charge is 2.48. The zero-order valence-corrected chi connectivity index (χ0v) is 25.5. The second-order valence-corrected chi connectivity index (χ2v) is 13.3. The summed E-state index contributed by atoms with van der Waals surface area (Å²) in [5.74, 6) is 0.384. The fourth-order valence-electron chi connectivity index (χ4n) is 4.98. The van der Waals surface area contributed by atoms with Crippen LogP contribution in [0, 0.1) is 5.92 Å². The summed E-state index contributed by atoms with van der Waals surface area (Å²) in [6, 6.07) is 14.7. The topological polar surface area (TPSA) is 104 Å². The number of para-hydroxylation sites is 1. The number of halogens is 1. The Morgan fingerprint density at radius 3 is 2.64 bits per heavy atom. The summed E-state index contributed by atoms with van der Waals surface area (Å²) in [6.45, 7) is 2.22. The van der Waals surface area contributed by atoms with Gasteiger partial charge < -0.3 is 14.2 Å². The summed E-state index contributed by atoms with van der Waals surface area (Å²) in [4.78, 5) is 16.1. The van der Waals surface area contributed by atoms with Gasteiger partial charge in [-0.05, 0) is 80.0 Å². The third kappa shape index (κ3) is 7.32. The van der Waals surface area contributed by atoms with Crippen LogP contribution in [0.1, 0.15) is 63.0 Å². The number of unbranched alkanes of at least 4 members (excludes halogenated alkanes) is 1. The maximum absolute atomic E-state index is 13.0. The molecule has 2 aromatic carbocycles. The zero-order chi connectivity index (χ0) is 29.7. The third-order valence-corrected chi connectivity index (χ3v) is 9.63. The Morgan fingerprint density at radius 1 is 1.12 bits per heavy atom. The van der Waals surface area contributed by atoms with E-state index in [1.165, 1.54) is 13.2 Å². The molecule has 5 rings (SSSR count). The lowest BCUT2D eigenvalue weighted by atomic mass is 9.96. The van der Waals surface area contributed by atoms with Crippen molar-refractivity contribution in [3.8, 4) is 16.9 Å². The highest BCUT2D eigenvalue weighted by Crippen LogP contribution is 2.53. The Hall–Kier alpha value is -2.98. The molecule has 0 saturated heterocycles. The van der Waals surface area contributed by atoms with E-state index in [0.717, 1.165) is 48.1 Å². The van der Waals surface area contributed by atoms with Gasteiger partial charge >= 0.3 is 5.97 Å². The second-order valence-electron chi connectivity index (χ2n) is 11.1. The number of rotatable bonds is 15. The van der Waals surface area contributed by atoms with E-state index in [-0.39, 0.29) is 36.0 Å². The maximum Gasteiger partial charge on any atom is 0.308 e. The lowest BCUT2D eigenvalue weighted by Crippen LogP contribution is -2.25. The number of nitrogens with zero attached hydrogens (tertiary/aromatic N) is 1. The molecule has 0 bridgehead atoms. The first-order chi connectivity index (χ1) is 20.2. The van der Waals surface area contributed by atoms with Crippen molar-refractivity contribution in [1.29, 1.82) is 0 Å². The van der Waals surface area contributed by atoms with Gasteiger partial charge in [0.15, 0.2) is 0 Å². The molecule has 0 spiro atoms. The molecule has 2 fully saturated rings. The summed E-state index contributed by atoms with van der Waals surface area (Å²) >= 11 is 6.49. The van der Waals surface area contributed by atoms with E-state index in [1.54, 1.807) is 25.3 Å². The van der Waals surface area contributed by atoms with Crippen LogP contribution in [0.2, 0.25) is 5.02 Å². The Balaban J connectivity index is 1.25. The predicted molar refractivity (Wildman–Crippen MR) is 161 cm³/mol. The van der Waals surface area contributed by atoms with E-state index >= 15 is 0 Å². The number of hydrogen-bond acceptors (Lipinski definition) is 7. The molecule has 224 valence electrons. The van der Waals surface area contributed by atoms with Crippen LogP contribution in [-0.2, 0) is 36.5 Å². The fourth-order valence-corrected chi connectivity index (χ4v) is 6.28. The smallest absolute Gasteiger partial charge is 0.308 e. The Bertz CT molecular complexity index is 1520. The second kappa shape index (κ2) is 13.1. The van der Waals surface area contributed by atoms with E-state index in [1.807, 2.05) is 30.5 Å². The van der Waals surface area contributed by atoms with Crippen molar-refractivity contribution in [2.45, 2.75) is 75.1 Å². The molecule has 2 aliphatic rings.